The lowest BCUT2D eigenvalue weighted by Gasteiger charge is -2.20. The largest absolute Gasteiger partial charge is 0.489 e. The minimum atomic E-state index is -1.55. The van der Waals surface area contributed by atoms with Crippen LogP contribution in [0.2, 0.25) is 0 Å². The highest BCUT2D eigenvalue weighted by Gasteiger charge is 2.23. The van der Waals surface area contributed by atoms with Gasteiger partial charge in [0.25, 0.3) is 0 Å². The Bertz CT molecular complexity index is 1160. The Morgan fingerprint density at radius 3 is 1.79 bits per heavy atom. The summed E-state index contributed by atoms with van der Waals surface area (Å²) < 4.78 is 0. The van der Waals surface area contributed by atoms with E-state index in [9.17, 15) is 10.0 Å². The minimum absolute atomic E-state index is 0.540. The van der Waals surface area contributed by atoms with E-state index in [-0.39, 0.29) is 0 Å². The van der Waals surface area contributed by atoms with Crippen molar-refractivity contribution in [3.8, 4) is 0 Å². The summed E-state index contributed by atoms with van der Waals surface area (Å²) in [5, 5.41) is 23.9. The minimum Gasteiger partial charge on any atom is -0.423 e. The lowest BCUT2D eigenvalue weighted by molar-refractivity contribution is 0.426. The molecule has 0 aliphatic rings. The van der Waals surface area contributed by atoms with E-state index in [1.807, 2.05) is 66.7 Å². The molecule has 4 rings (SSSR count). The average molecular weight is 364 g/mol. The molecule has 3 heteroatoms. The van der Waals surface area contributed by atoms with Gasteiger partial charge in [-0.2, -0.15) is 0 Å². The van der Waals surface area contributed by atoms with Gasteiger partial charge in [0.2, 0.25) is 0 Å². The van der Waals surface area contributed by atoms with Crippen molar-refractivity contribution in [3.63, 3.8) is 0 Å². The first-order chi connectivity index (χ1) is 13.6. The summed E-state index contributed by atoms with van der Waals surface area (Å²) in [7, 11) is -1.55. The van der Waals surface area contributed by atoms with Crippen LogP contribution in [0.4, 0.5) is 0 Å². The maximum Gasteiger partial charge on any atom is 0.489 e. The molecular formula is C25H21BO2. The van der Waals surface area contributed by atoms with E-state index < -0.39 is 7.12 Å². The Hall–Kier alpha value is -3.14. The molecule has 0 unspecified atom stereocenters. The number of allylic oxidation sites excluding steroid dienone is 2. The highest BCUT2D eigenvalue weighted by Crippen LogP contribution is 2.36. The number of benzene rings is 4. The van der Waals surface area contributed by atoms with Crippen LogP contribution in [-0.2, 0) is 0 Å². The van der Waals surface area contributed by atoms with Gasteiger partial charge in [-0.25, -0.2) is 0 Å². The second-order valence-corrected chi connectivity index (χ2v) is 6.88. The van der Waals surface area contributed by atoms with Crippen molar-refractivity contribution in [1.82, 2.24) is 0 Å². The van der Waals surface area contributed by atoms with Gasteiger partial charge in [-0.05, 0) is 56.2 Å². The Balaban J connectivity index is 2.23. The van der Waals surface area contributed by atoms with Crippen molar-refractivity contribution in [3.05, 3.63) is 108 Å². The molecule has 136 valence electrons. The molecule has 0 saturated carbocycles. The zero-order chi connectivity index (χ0) is 19.7. The van der Waals surface area contributed by atoms with E-state index in [0.717, 1.165) is 38.2 Å². The fourth-order valence-corrected chi connectivity index (χ4v) is 4.03. The second kappa shape index (κ2) is 7.47. The Morgan fingerprint density at radius 1 is 0.786 bits per heavy atom. The molecule has 2 N–H and O–H groups in total. The summed E-state index contributed by atoms with van der Waals surface area (Å²) in [6.45, 7) is 6.03. The van der Waals surface area contributed by atoms with Crippen LogP contribution in [-0.4, -0.2) is 17.2 Å². The normalized spacial score (nSPS) is 11.8. The lowest BCUT2D eigenvalue weighted by Crippen LogP contribution is -2.31. The smallest absolute Gasteiger partial charge is 0.423 e. The van der Waals surface area contributed by atoms with Crippen molar-refractivity contribution in [2.24, 2.45) is 0 Å². The van der Waals surface area contributed by atoms with Gasteiger partial charge in [0.15, 0.2) is 0 Å². The second-order valence-electron chi connectivity index (χ2n) is 6.88. The van der Waals surface area contributed by atoms with Crippen LogP contribution in [0.15, 0.2) is 91.5 Å². The molecule has 2 nitrogen and oxygen atoms in total. The predicted octanol–water partition coefficient (Wildman–Crippen LogP) is 4.60. The zero-order valence-corrected chi connectivity index (χ0v) is 15.8. The summed E-state index contributed by atoms with van der Waals surface area (Å²) in [6, 6.07) is 24.1. The van der Waals surface area contributed by atoms with Crippen LogP contribution in [0.5, 0.6) is 0 Å². The summed E-state index contributed by atoms with van der Waals surface area (Å²) in [4.78, 5) is 0. The molecule has 0 radical (unpaired) electrons. The Labute approximate surface area is 165 Å². The highest BCUT2D eigenvalue weighted by molar-refractivity contribution is 6.65. The number of rotatable bonds is 4. The maximum atomic E-state index is 10.1. The molecule has 0 amide bonds. The first kappa shape index (κ1) is 18.2. The van der Waals surface area contributed by atoms with Gasteiger partial charge in [0, 0.05) is 0 Å². The average Bonchev–Trinajstić information content (AvgIpc) is 2.71. The van der Waals surface area contributed by atoms with Gasteiger partial charge in [0.1, 0.15) is 0 Å². The highest BCUT2D eigenvalue weighted by atomic mass is 16.4. The van der Waals surface area contributed by atoms with Crippen LogP contribution in [0, 0.1) is 6.92 Å². The molecule has 0 aromatic heterocycles. The van der Waals surface area contributed by atoms with Crippen LogP contribution in [0.3, 0.4) is 0 Å². The number of aryl methyl sites for hydroxylation is 1. The predicted molar refractivity (Wildman–Crippen MR) is 120 cm³/mol. The monoisotopic (exact) mass is 364 g/mol. The maximum absolute atomic E-state index is 10.1. The van der Waals surface area contributed by atoms with E-state index in [0.29, 0.717) is 5.46 Å². The fraction of sp³-hybridized carbons (Fsp3) is 0.0400. The van der Waals surface area contributed by atoms with Gasteiger partial charge in [-0.1, -0.05) is 91.5 Å². The van der Waals surface area contributed by atoms with Crippen molar-refractivity contribution in [2.75, 3.05) is 0 Å². The Morgan fingerprint density at radius 2 is 1.29 bits per heavy atom. The molecule has 4 aromatic rings. The van der Waals surface area contributed by atoms with Crippen molar-refractivity contribution in [1.29, 1.82) is 0 Å². The third-order valence-electron chi connectivity index (χ3n) is 5.22. The molecule has 0 heterocycles. The summed E-state index contributed by atoms with van der Waals surface area (Å²) in [6.07, 6.45) is 3.84. The van der Waals surface area contributed by atoms with Crippen LogP contribution >= 0.6 is 0 Å². The van der Waals surface area contributed by atoms with Gasteiger partial charge in [-0.3, -0.25) is 0 Å². The van der Waals surface area contributed by atoms with E-state index in [1.54, 1.807) is 6.08 Å². The van der Waals surface area contributed by atoms with E-state index in [2.05, 4.69) is 25.6 Å². The molecule has 4 aromatic carbocycles. The van der Waals surface area contributed by atoms with Crippen molar-refractivity contribution < 1.29 is 10.0 Å². The van der Waals surface area contributed by atoms with Gasteiger partial charge < -0.3 is 10.0 Å². The number of hydrogen-bond donors (Lipinski definition) is 2. The van der Waals surface area contributed by atoms with Crippen LogP contribution in [0.1, 0.15) is 16.7 Å². The molecule has 0 saturated heterocycles. The molecule has 0 bridgehead atoms. The van der Waals surface area contributed by atoms with E-state index in [4.69, 9.17) is 0 Å². The van der Waals surface area contributed by atoms with Crippen LogP contribution < -0.4 is 5.46 Å². The van der Waals surface area contributed by atoms with Crippen LogP contribution in [0.25, 0.3) is 27.1 Å². The van der Waals surface area contributed by atoms with Crippen molar-refractivity contribution in [2.45, 2.75) is 6.92 Å². The summed E-state index contributed by atoms with van der Waals surface area (Å²) in [5.74, 6) is 0. The van der Waals surface area contributed by atoms with E-state index in [1.165, 1.54) is 5.56 Å². The van der Waals surface area contributed by atoms with Crippen molar-refractivity contribution >= 4 is 39.7 Å². The molecule has 0 aliphatic carbocycles. The fourth-order valence-electron chi connectivity index (χ4n) is 4.03. The zero-order valence-electron chi connectivity index (χ0n) is 15.8. The molecule has 0 fully saturated rings. The third-order valence-corrected chi connectivity index (χ3v) is 5.22. The van der Waals surface area contributed by atoms with Gasteiger partial charge in [-0.15, -0.1) is 0 Å². The lowest BCUT2D eigenvalue weighted by atomic mass is 9.72. The standard InChI is InChI=1S/C25H21BO2/c1-3-10-19(18-12-5-4-11-17(18)2)24-20-13-6-8-15-22(20)25(26(27)28)23-16-9-7-14-21(23)24/h3-16,27-28H,1H2,2H3/b19-10+. The third kappa shape index (κ3) is 2.95. The first-order valence-corrected chi connectivity index (χ1v) is 9.32. The van der Waals surface area contributed by atoms with E-state index >= 15 is 0 Å². The Kier molecular flexibility index (Phi) is 4.87. The summed E-state index contributed by atoms with van der Waals surface area (Å²) in [5.41, 5.74) is 4.99. The molecule has 28 heavy (non-hydrogen) atoms. The topological polar surface area (TPSA) is 40.5 Å². The molecule has 0 aliphatic heterocycles. The van der Waals surface area contributed by atoms with Gasteiger partial charge in [0.05, 0.1) is 0 Å². The molecule has 0 spiro atoms. The van der Waals surface area contributed by atoms with Gasteiger partial charge >= 0.3 is 7.12 Å². The first-order valence-electron chi connectivity index (χ1n) is 9.32. The number of fused-ring (bicyclic) bond motifs is 2. The molecular weight excluding hydrogens is 343 g/mol. The quantitative estimate of drug-likeness (QED) is 0.316. The molecule has 0 atom stereocenters. The number of hydrogen-bond acceptors (Lipinski definition) is 2. The summed E-state index contributed by atoms with van der Waals surface area (Å²) >= 11 is 0. The SMILES string of the molecule is C=C/C=C(\c1ccccc1C)c1c2ccccc2c(B(O)O)c2ccccc12.